The number of nitrogens with zero attached hydrogens (tertiary/aromatic N) is 1. The summed E-state index contributed by atoms with van der Waals surface area (Å²) in [5.41, 5.74) is 8.45. The van der Waals surface area contributed by atoms with Crippen LogP contribution in [0.15, 0.2) is 36.4 Å². The molecule has 0 radical (unpaired) electrons. The summed E-state index contributed by atoms with van der Waals surface area (Å²) < 4.78 is 1.23. The Morgan fingerprint density at radius 3 is 3.11 bits per heavy atom. The molecule has 0 bridgehead atoms. The Morgan fingerprint density at radius 1 is 1.39 bits per heavy atom. The van der Waals surface area contributed by atoms with E-state index in [2.05, 4.69) is 23.0 Å². The van der Waals surface area contributed by atoms with E-state index in [4.69, 9.17) is 5.73 Å². The van der Waals surface area contributed by atoms with Gasteiger partial charge in [-0.1, -0.05) is 18.9 Å². The Kier molecular flexibility index (Phi) is 4.90. The molecular formula is C15H20N2S. The molecule has 0 saturated heterocycles. The Bertz CT molecular complexity index is 504. The predicted octanol–water partition coefficient (Wildman–Crippen LogP) is 4.43. The first kappa shape index (κ1) is 13.2. The number of thiophene rings is 1. The van der Waals surface area contributed by atoms with Crippen molar-refractivity contribution in [2.45, 2.75) is 38.1 Å². The Hall–Kier alpha value is -1.19. The average Bonchev–Trinajstić information content (AvgIpc) is 2.85. The van der Waals surface area contributed by atoms with Crippen molar-refractivity contribution in [2.75, 3.05) is 0 Å². The van der Waals surface area contributed by atoms with Crippen LogP contribution in [0.2, 0.25) is 0 Å². The van der Waals surface area contributed by atoms with E-state index >= 15 is 0 Å². The number of fused-ring (bicyclic) bond motifs is 1. The van der Waals surface area contributed by atoms with Gasteiger partial charge in [-0.15, -0.1) is 17.9 Å². The van der Waals surface area contributed by atoms with Gasteiger partial charge in [0.15, 0.2) is 0 Å². The summed E-state index contributed by atoms with van der Waals surface area (Å²) in [5, 5.41) is 2.07. The van der Waals surface area contributed by atoms with Crippen LogP contribution in [0, 0.1) is 0 Å². The van der Waals surface area contributed by atoms with Crippen LogP contribution >= 0.6 is 11.3 Å². The zero-order chi connectivity index (χ0) is 12.8. The molecule has 0 aliphatic rings. The fourth-order valence-corrected chi connectivity index (χ4v) is 2.85. The molecule has 96 valence electrons. The average molecular weight is 260 g/mol. The molecule has 0 amide bonds. The van der Waals surface area contributed by atoms with Crippen molar-refractivity contribution >= 4 is 21.6 Å². The van der Waals surface area contributed by atoms with Gasteiger partial charge in [-0.3, -0.25) is 4.98 Å². The summed E-state index contributed by atoms with van der Waals surface area (Å²) >= 11 is 1.72. The zero-order valence-electron chi connectivity index (χ0n) is 10.6. The van der Waals surface area contributed by atoms with E-state index in [9.17, 15) is 0 Å². The fourth-order valence-electron chi connectivity index (χ4n) is 2.06. The van der Waals surface area contributed by atoms with Crippen LogP contribution in [-0.4, -0.2) is 4.98 Å². The van der Waals surface area contributed by atoms with Crippen molar-refractivity contribution in [3.63, 3.8) is 0 Å². The lowest BCUT2D eigenvalue weighted by atomic mass is 10.0. The summed E-state index contributed by atoms with van der Waals surface area (Å²) in [6.45, 7) is 3.73. The first-order chi connectivity index (χ1) is 8.81. The predicted molar refractivity (Wildman–Crippen MR) is 79.8 cm³/mol. The Balaban J connectivity index is 1.87. The highest BCUT2D eigenvalue weighted by Gasteiger charge is 2.07. The number of pyridine rings is 1. The van der Waals surface area contributed by atoms with E-state index in [0.29, 0.717) is 0 Å². The van der Waals surface area contributed by atoms with E-state index < -0.39 is 0 Å². The van der Waals surface area contributed by atoms with Crippen LogP contribution in [-0.2, 0) is 0 Å². The van der Waals surface area contributed by atoms with Gasteiger partial charge in [0.25, 0.3) is 0 Å². The van der Waals surface area contributed by atoms with Crippen molar-refractivity contribution in [1.82, 2.24) is 4.98 Å². The molecule has 0 saturated carbocycles. The maximum Gasteiger partial charge on any atom is 0.0809 e. The quantitative estimate of drug-likeness (QED) is 0.590. The monoisotopic (exact) mass is 260 g/mol. The lowest BCUT2D eigenvalue weighted by Gasteiger charge is -2.11. The number of unbranched alkanes of at least 4 members (excludes halogenated alkanes) is 3. The van der Waals surface area contributed by atoms with Crippen LogP contribution in [0.25, 0.3) is 10.2 Å². The Labute approximate surface area is 113 Å². The van der Waals surface area contributed by atoms with Gasteiger partial charge in [-0.25, -0.2) is 0 Å². The van der Waals surface area contributed by atoms with Gasteiger partial charge in [0.1, 0.15) is 0 Å². The molecule has 3 heteroatoms. The summed E-state index contributed by atoms with van der Waals surface area (Å²) in [5.74, 6) is 0. The molecule has 2 aromatic rings. The van der Waals surface area contributed by atoms with Gasteiger partial charge in [-0.05, 0) is 42.3 Å². The van der Waals surface area contributed by atoms with Crippen molar-refractivity contribution in [3.8, 4) is 0 Å². The van der Waals surface area contributed by atoms with Crippen LogP contribution < -0.4 is 5.73 Å². The maximum absolute atomic E-state index is 6.21. The highest BCUT2D eigenvalue weighted by molar-refractivity contribution is 7.17. The molecule has 1 unspecified atom stereocenters. The van der Waals surface area contributed by atoms with Gasteiger partial charge in [0.2, 0.25) is 0 Å². The van der Waals surface area contributed by atoms with E-state index in [1.165, 1.54) is 24.0 Å². The smallest absolute Gasteiger partial charge is 0.0809 e. The molecule has 2 nitrogen and oxygen atoms in total. The van der Waals surface area contributed by atoms with Crippen LogP contribution in [0.4, 0.5) is 0 Å². The van der Waals surface area contributed by atoms with Gasteiger partial charge in [-0.2, -0.15) is 0 Å². The van der Waals surface area contributed by atoms with E-state index in [1.807, 2.05) is 18.3 Å². The van der Waals surface area contributed by atoms with Gasteiger partial charge < -0.3 is 5.73 Å². The molecule has 2 N–H and O–H groups in total. The third kappa shape index (κ3) is 3.40. The molecule has 1 atom stereocenters. The second-order valence-electron chi connectivity index (χ2n) is 4.61. The maximum atomic E-state index is 6.21. The van der Waals surface area contributed by atoms with Crippen molar-refractivity contribution in [3.05, 3.63) is 41.9 Å². The van der Waals surface area contributed by atoms with Crippen molar-refractivity contribution < 1.29 is 0 Å². The molecule has 0 aliphatic heterocycles. The molecular weight excluding hydrogens is 240 g/mol. The summed E-state index contributed by atoms with van der Waals surface area (Å²) in [4.78, 5) is 4.44. The fraction of sp³-hybridized carbons (Fsp3) is 0.400. The second kappa shape index (κ2) is 6.66. The molecule has 0 spiro atoms. The minimum atomic E-state index is 0.118. The third-order valence-corrected chi connectivity index (χ3v) is 4.03. The van der Waals surface area contributed by atoms with Crippen LogP contribution in [0.5, 0.6) is 0 Å². The first-order valence-electron chi connectivity index (χ1n) is 6.51. The molecule has 18 heavy (non-hydrogen) atoms. The number of hydrogen-bond donors (Lipinski definition) is 1. The standard InChI is InChI=1S/C15H20N2S/c1-2-3-4-5-6-7-13(16)12-10-15-14(17-11-12)8-9-18-15/h2,8-11,13H,1,3-7,16H2. The number of allylic oxidation sites excluding steroid dienone is 1. The SMILES string of the molecule is C=CCCCCCC(N)c1cnc2ccsc2c1. The topological polar surface area (TPSA) is 38.9 Å². The number of nitrogens with two attached hydrogens (primary N) is 1. The molecule has 0 aliphatic carbocycles. The van der Waals surface area contributed by atoms with Crippen LogP contribution in [0.1, 0.15) is 43.7 Å². The van der Waals surface area contributed by atoms with Crippen molar-refractivity contribution in [2.24, 2.45) is 5.73 Å². The molecule has 0 fully saturated rings. The lowest BCUT2D eigenvalue weighted by molar-refractivity contribution is 0.572. The van der Waals surface area contributed by atoms with Gasteiger partial charge in [0.05, 0.1) is 10.2 Å². The minimum absolute atomic E-state index is 0.118. The molecule has 2 aromatic heterocycles. The number of aromatic nitrogens is 1. The third-order valence-electron chi connectivity index (χ3n) is 3.18. The lowest BCUT2D eigenvalue weighted by Crippen LogP contribution is -2.10. The minimum Gasteiger partial charge on any atom is -0.324 e. The second-order valence-corrected chi connectivity index (χ2v) is 5.55. The molecule has 2 rings (SSSR count). The van der Waals surface area contributed by atoms with Crippen molar-refractivity contribution in [1.29, 1.82) is 0 Å². The summed E-state index contributed by atoms with van der Waals surface area (Å²) in [6.07, 6.45) is 9.68. The Morgan fingerprint density at radius 2 is 2.28 bits per heavy atom. The van der Waals surface area contributed by atoms with E-state index in [1.54, 1.807) is 11.3 Å². The summed E-state index contributed by atoms with van der Waals surface area (Å²) in [7, 11) is 0. The summed E-state index contributed by atoms with van der Waals surface area (Å²) in [6, 6.07) is 4.35. The molecule has 0 aromatic carbocycles. The van der Waals surface area contributed by atoms with Gasteiger partial charge in [0, 0.05) is 12.2 Å². The highest BCUT2D eigenvalue weighted by atomic mass is 32.1. The van der Waals surface area contributed by atoms with E-state index in [0.717, 1.165) is 23.9 Å². The zero-order valence-corrected chi connectivity index (χ0v) is 11.5. The van der Waals surface area contributed by atoms with E-state index in [-0.39, 0.29) is 6.04 Å². The highest BCUT2D eigenvalue weighted by Crippen LogP contribution is 2.24. The van der Waals surface area contributed by atoms with Crippen LogP contribution in [0.3, 0.4) is 0 Å². The number of hydrogen-bond acceptors (Lipinski definition) is 3. The largest absolute Gasteiger partial charge is 0.324 e. The molecule has 2 heterocycles. The first-order valence-corrected chi connectivity index (χ1v) is 7.39. The van der Waals surface area contributed by atoms with Gasteiger partial charge >= 0.3 is 0 Å². The number of rotatable bonds is 7. The normalized spacial score (nSPS) is 12.7.